The van der Waals surface area contributed by atoms with Crippen LogP contribution in [0.3, 0.4) is 0 Å². The third-order valence-electron chi connectivity index (χ3n) is 2.54. The predicted octanol–water partition coefficient (Wildman–Crippen LogP) is 2.06. The molecule has 1 aromatic heterocycles. The van der Waals surface area contributed by atoms with Crippen LogP contribution in [0.2, 0.25) is 0 Å². The first-order valence-electron chi connectivity index (χ1n) is 5.72. The first kappa shape index (κ1) is 14.1. The Labute approximate surface area is 118 Å². The highest BCUT2D eigenvalue weighted by atomic mass is 79.9. The molecule has 0 radical (unpaired) electrons. The molecular weight excluding hydrogens is 315 g/mol. The van der Waals surface area contributed by atoms with E-state index in [2.05, 4.69) is 26.1 Å². The SMILES string of the molecule is CN(Cc1noc(CN)n1)Cc1cc(Br)ccc1F. The summed E-state index contributed by atoms with van der Waals surface area (Å²) in [6, 6.07) is 4.87. The standard InChI is InChI=1S/C12H14BrFN4O/c1-18(7-11-16-12(5-15)19-17-11)6-8-4-9(13)2-3-10(8)14/h2-4H,5-7,15H2,1H3. The molecule has 5 nitrogen and oxygen atoms in total. The van der Waals surface area contributed by atoms with Crippen molar-refractivity contribution in [2.75, 3.05) is 7.05 Å². The predicted molar refractivity (Wildman–Crippen MR) is 71.5 cm³/mol. The Balaban J connectivity index is 2.00. The zero-order valence-electron chi connectivity index (χ0n) is 10.4. The number of hydrogen-bond donors (Lipinski definition) is 1. The average molecular weight is 329 g/mol. The lowest BCUT2D eigenvalue weighted by atomic mass is 10.2. The molecule has 1 aromatic carbocycles. The number of benzene rings is 1. The summed E-state index contributed by atoms with van der Waals surface area (Å²) in [4.78, 5) is 6.00. The summed E-state index contributed by atoms with van der Waals surface area (Å²) in [7, 11) is 1.86. The van der Waals surface area contributed by atoms with Gasteiger partial charge in [-0.25, -0.2) is 4.39 Å². The van der Waals surface area contributed by atoms with E-state index >= 15 is 0 Å². The fourth-order valence-corrected chi connectivity index (χ4v) is 2.10. The Kier molecular flexibility index (Phi) is 4.62. The summed E-state index contributed by atoms with van der Waals surface area (Å²) < 4.78 is 19.4. The van der Waals surface area contributed by atoms with Crippen LogP contribution in [0, 0.1) is 5.82 Å². The highest BCUT2D eigenvalue weighted by Crippen LogP contribution is 2.17. The summed E-state index contributed by atoms with van der Waals surface area (Å²) in [6.07, 6.45) is 0. The molecule has 0 aliphatic rings. The second-order valence-electron chi connectivity index (χ2n) is 4.22. The zero-order chi connectivity index (χ0) is 13.8. The number of aromatic nitrogens is 2. The number of hydrogen-bond acceptors (Lipinski definition) is 5. The minimum absolute atomic E-state index is 0.219. The van der Waals surface area contributed by atoms with E-state index in [1.54, 1.807) is 12.1 Å². The average Bonchev–Trinajstić information content (AvgIpc) is 2.81. The van der Waals surface area contributed by atoms with E-state index in [4.69, 9.17) is 10.3 Å². The topological polar surface area (TPSA) is 68.2 Å². The molecule has 0 aliphatic carbocycles. The molecule has 0 spiro atoms. The fraction of sp³-hybridized carbons (Fsp3) is 0.333. The van der Waals surface area contributed by atoms with Crippen molar-refractivity contribution in [2.24, 2.45) is 5.73 Å². The molecule has 1 heterocycles. The molecule has 2 aromatic rings. The highest BCUT2D eigenvalue weighted by molar-refractivity contribution is 9.10. The molecular formula is C12H14BrFN4O. The summed E-state index contributed by atoms with van der Waals surface area (Å²) in [5, 5.41) is 3.80. The van der Waals surface area contributed by atoms with Crippen molar-refractivity contribution in [3.8, 4) is 0 Å². The minimum atomic E-state index is -0.231. The Morgan fingerprint density at radius 1 is 1.42 bits per heavy atom. The van der Waals surface area contributed by atoms with Crippen LogP contribution < -0.4 is 5.73 Å². The molecule has 0 amide bonds. The van der Waals surface area contributed by atoms with Gasteiger partial charge in [-0.15, -0.1) is 0 Å². The maximum Gasteiger partial charge on any atom is 0.240 e. The largest absolute Gasteiger partial charge is 0.338 e. The van der Waals surface area contributed by atoms with E-state index in [1.165, 1.54) is 6.07 Å². The molecule has 0 saturated carbocycles. The van der Waals surface area contributed by atoms with Crippen LogP contribution >= 0.6 is 15.9 Å². The van der Waals surface area contributed by atoms with E-state index in [0.717, 1.165) is 4.47 Å². The van der Waals surface area contributed by atoms with E-state index in [1.807, 2.05) is 11.9 Å². The lowest BCUT2D eigenvalue weighted by molar-refractivity contribution is 0.295. The number of halogens is 2. The van der Waals surface area contributed by atoms with Crippen molar-refractivity contribution in [3.05, 3.63) is 45.8 Å². The second-order valence-corrected chi connectivity index (χ2v) is 5.13. The van der Waals surface area contributed by atoms with Gasteiger partial charge >= 0.3 is 0 Å². The molecule has 2 rings (SSSR count). The van der Waals surface area contributed by atoms with Gasteiger partial charge in [0.2, 0.25) is 5.89 Å². The summed E-state index contributed by atoms with van der Waals surface area (Å²) >= 11 is 3.33. The Morgan fingerprint density at radius 3 is 2.89 bits per heavy atom. The lowest BCUT2D eigenvalue weighted by Crippen LogP contribution is -2.19. The van der Waals surface area contributed by atoms with Crippen molar-refractivity contribution in [3.63, 3.8) is 0 Å². The first-order valence-corrected chi connectivity index (χ1v) is 6.52. The van der Waals surface area contributed by atoms with Gasteiger partial charge in [0.25, 0.3) is 0 Å². The lowest BCUT2D eigenvalue weighted by Gasteiger charge is -2.15. The van der Waals surface area contributed by atoms with Crippen LogP contribution in [0.15, 0.2) is 27.2 Å². The van der Waals surface area contributed by atoms with Gasteiger partial charge in [-0.3, -0.25) is 4.90 Å². The van der Waals surface area contributed by atoms with Crippen LogP contribution in [0.1, 0.15) is 17.3 Å². The molecule has 0 fully saturated rings. The normalized spacial score (nSPS) is 11.2. The zero-order valence-corrected chi connectivity index (χ0v) is 12.0. The fourth-order valence-electron chi connectivity index (χ4n) is 1.69. The van der Waals surface area contributed by atoms with E-state index in [9.17, 15) is 4.39 Å². The molecule has 19 heavy (non-hydrogen) atoms. The maximum absolute atomic E-state index is 13.6. The Morgan fingerprint density at radius 2 is 2.21 bits per heavy atom. The van der Waals surface area contributed by atoms with Gasteiger partial charge in [0.15, 0.2) is 5.82 Å². The Hall–Kier alpha value is -1.31. The number of nitrogens with two attached hydrogens (primary N) is 1. The molecule has 0 unspecified atom stereocenters. The second kappa shape index (κ2) is 6.23. The van der Waals surface area contributed by atoms with E-state index in [0.29, 0.717) is 30.4 Å². The molecule has 2 N–H and O–H groups in total. The molecule has 0 atom stereocenters. The van der Waals surface area contributed by atoms with Gasteiger partial charge in [0.05, 0.1) is 13.1 Å². The van der Waals surface area contributed by atoms with Crippen molar-refractivity contribution in [2.45, 2.75) is 19.6 Å². The first-order chi connectivity index (χ1) is 9.08. The quantitative estimate of drug-likeness (QED) is 0.909. The van der Waals surface area contributed by atoms with Crippen LogP contribution in [0.25, 0.3) is 0 Å². The van der Waals surface area contributed by atoms with Crippen LogP contribution in [0.4, 0.5) is 4.39 Å². The van der Waals surface area contributed by atoms with Crippen molar-refractivity contribution in [1.82, 2.24) is 15.0 Å². The summed E-state index contributed by atoms with van der Waals surface area (Å²) in [6.45, 7) is 1.14. The highest BCUT2D eigenvalue weighted by Gasteiger charge is 2.10. The third-order valence-corrected chi connectivity index (χ3v) is 3.04. The maximum atomic E-state index is 13.6. The van der Waals surface area contributed by atoms with Gasteiger partial charge in [0.1, 0.15) is 5.82 Å². The third kappa shape index (κ3) is 3.82. The van der Waals surface area contributed by atoms with Gasteiger partial charge in [0, 0.05) is 16.6 Å². The molecule has 0 saturated heterocycles. The van der Waals surface area contributed by atoms with E-state index < -0.39 is 0 Å². The van der Waals surface area contributed by atoms with Crippen molar-refractivity contribution in [1.29, 1.82) is 0 Å². The number of rotatable bonds is 5. The molecule has 7 heteroatoms. The van der Waals surface area contributed by atoms with Crippen LogP contribution in [-0.4, -0.2) is 22.1 Å². The number of nitrogens with zero attached hydrogens (tertiary/aromatic N) is 3. The molecule has 0 aliphatic heterocycles. The van der Waals surface area contributed by atoms with Gasteiger partial charge < -0.3 is 10.3 Å². The van der Waals surface area contributed by atoms with Crippen LogP contribution in [0.5, 0.6) is 0 Å². The molecule has 0 bridgehead atoms. The van der Waals surface area contributed by atoms with Crippen LogP contribution in [-0.2, 0) is 19.6 Å². The smallest absolute Gasteiger partial charge is 0.240 e. The van der Waals surface area contributed by atoms with Crippen molar-refractivity contribution < 1.29 is 8.91 Å². The minimum Gasteiger partial charge on any atom is -0.338 e. The van der Waals surface area contributed by atoms with Gasteiger partial charge in [-0.2, -0.15) is 4.98 Å². The summed E-state index contributed by atoms with van der Waals surface area (Å²) in [5.41, 5.74) is 6.00. The summed E-state index contributed by atoms with van der Waals surface area (Å²) in [5.74, 6) is 0.709. The van der Waals surface area contributed by atoms with E-state index in [-0.39, 0.29) is 12.4 Å². The monoisotopic (exact) mass is 328 g/mol. The van der Waals surface area contributed by atoms with Gasteiger partial charge in [-0.1, -0.05) is 21.1 Å². The molecule has 102 valence electrons. The van der Waals surface area contributed by atoms with Crippen molar-refractivity contribution >= 4 is 15.9 Å². The Bertz CT molecular complexity index is 560. The van der Waals surface area contributed by atoms with Gasteiger partial charge in [-0.05, 0) is 25.2 Å².